The minimum Gasteiger partial charge on any atom is -0.333 e. The zero-order valence-electron chi connectivity index (χ0n) is 57.3. The van der Waals surface area contributed by atoms with Crippen molar-refractivity contribution in [3.63, 3.8) is 0 Å². The number of para-hydroxylation sites is 3. The molecular weight excluding hydrogens is 1330 g/mol. The van der Waals surface area contributed by atoms with Crippen molar-refractivity contribution in [3.8, 4) is 39.5 Å². The van der Waals surface area contributed by atoms with E-state index in [0.717, 1.165) is 56.1 Å². The Labute approximate surface area is 570 Å². The molecule has 14 rings (SSSR count). The van der Waals surface area contributed by atoms with Gasteiger partial charge in [-0.2, -0.15) is 0 Å². The van der Waals surface area contributed by atoms with Gasteiger partial charge in [-0.05, 0) is 175 Å². The fourth-order valence-corrected chi connectivity index (χ4v) is 14.7. The van der Waals surface area contributed by atoms with Crippen molar-refractivity contribution in [1.82, 2.24) is 14.5 Å². The SMILES string of the molecule is CC(C)c1cccc(C(C)C)c1-n1c(-c2[c-]ccc(-c3cc4c5c(c3)N3c6ccc(C(C)(C)C)cc6Sc6cc(C(C)(C)C)cc(c63)B5c3cc(C(C)(C)C)ccc3N4c3ccc(C(C)(C)C)cc3)c2)nc2ccccc21.Cc1cnc(-c2[c-]cc(F)cc2)cc1C.[Ir]. The van der Waals surface area contributed by atoms with Gasteiger partial charge in [0.05, 0.1) is 28.2 Å². The predicted molar refractivity (Wildman–Crippen MR) is 390 cm³/mol. The molecule has 0 N–H and O–H groups in total. The van der Waals surface area contributed by atoms with Gasteiger partial charge in [0, 0.05) is 70.3 Å². The van der Waals surface area contributed by atoms with E-state index in [2.05, 4.69) is 288 Å². The second kappa shape index (κ2) is 24.2. The van der Waals surface area contributed by atoms with Gasteiger partial charge in [-0.3, -0.25) is 9.37 Å². The van der Waals surface area contributed by atoms with Crippen molar-refractivity contribution in [2.45, 2.75) is 168 Å². The van der Waals surface area contributed by atoms with Crippen LogP contribution in [0.25, 0.3) is 50.5 Å². The Balaban J connectivity index is 0.000000456. The van der Waals surface area contributed by atoms with Gasteiger partial charge in [-0.15, -0.1) is 65.2 Å². The van der Waals surface area contributed by atoms with Crippen molar-refractivity contribution in [1.29, 1.82) is 0 Å². The molecule has 5 nitrogen and oxygen atoms in total. The molecule has 0 spiro atoms. The van der Waals surface area contributed by atoms with Crippen molar-refractivity contribution in [3.05, 3.63) is 239 Å². The number of nitrogens with zero attached hydrogens (tertiary/aromatic N) is 5. The molecule has 3 aliphatic rings. The molecule has 0 fully saturated rings. The number of hydrogen-bond donors (Lipinski definition) is 0. The first-order chi connectivity index (χ1) is 43.5. The standard InChI is InChI=1S/C71H74BN4S.C13H11FN.Ir/c1-42(2)52-23-20-24-53(43(3)4)65(52)76-58-26-18-17-25-56(58)73-67(76)45-22-19-21-44(35-45)46-36-60-64-61(37-46)75-59-34-30-49(70(11,12)13)40-62(59)77-63-41-50(71(14,15)16)39-55(66(63)75)72(64)54-38-48(69(8,9)10)29-33-57(54)74(60)51-31-27-47(28-32-51)68(5,6)7;1-9-7-13(15-8-10(9)2)11-3-5-12(14)6-4-11;/h17-21,23-43H,1-16H3;3,5-8H,1-2H3;/q2*-1;. The third-order valence-corrected chi connectivity index (χ3v) is 20.1. The molecule has 0 atom stereocenters. The van der Waals surface area contributed by atoms with Crippen LogP contribution in [0.2, 0.25) is 0 Å². The van der Waals surface area contributed by atoms with Gasteiger partial charge < -0.3 is 19.4 Å². The summed E-state index contributed by atoms with van der Waals surface area (Å²) in [6.45, 7) is 41.3. The Kier molecular flexibility index (Phi) is 17.0. The van der Waals surface area contributed by atoms with Crippen molar-refractivity contribution in [2.75, 3.05) is 9.80 Å². The van der Waals surface area contributed by atoms with E-state index in [1.54, 1.807) is 6.07 Å². The van der Waals surface area contributed by atoms with E-state index < -0.39 is 0 Å². The molecule has 9 aromatic carbocycles. The molecule has 1 radical (unpaired) electrons. The average Bonchev–Trinajstić information content (AvgIpc) is 1.16. The number of anilines is 6. The van der Waals surface area contributed by atoms with E-state index in [-0.39, 0.29) is 54.3 Å². The first kappa shape index (κ1) is 65.3. The zero-order valence-corrected chi connectivity index (χ0v) is 60.5. The van der Waals surface area contributed by atoms with Crippen molar-refractivity contribution < 1.29 is 24.5 Å². The molecule has 93 heavy (non-hydrogen) atoms. The number of hydrogen-bond acceptors (Lipinski definition) is 5. The topological polar surface area (TPSA) is 37.2 Å². The van der Waals surface area contributed by atoms with Gasteiger partial charge in [0.1, 0.15) is 0 Å². The van der Waals surface area contributed by atoms with Crippen LogP contribution < -0.4 is 26.2 Å². The number of aryl methyl sites for hydroxylation is 2. The van der Waals surface area contributed by atoms with Crippen molar-refractivity contribution in [2.24, 2.45) is 0 Å². The summed E-state index contributed by atoms with van der Waals surface area (Å²) in [5.74, 6) is 1.25. The molecule has 0 aliphatic carbocycles. The van der Waals surface area contributed by atoms with Crippen LogP contribution in [0.1, 0.15) is 167 Å². The summed E-state index contributed by atoms with van der Waals surface area (Å²) < 4.78 is 15.1. The van der Waals surface area contributed by atoms with Gasteiger partial charge in [0.2, 0.25) is 0 Å². The first-order valence-corrected chi connectivity index (χ1v) is 33.6. The largest absolute Gasteiger partial charge is 0.333 e. The summed E-state index contributed by atoms with van der Waals surface area (Å²) in [5, 5.41) is 0. The van der Waals surface area contributed by atoms with Crippen LogP contribution in [0, 0.1) is 31.8 Å². The molecule has 2 aromatic heterocycles. The predicted octanol–water partition coefficient (Wildman–Crippen LogP) is 21.4. The third-order valence-electron chi connectivity index (χ3n) is 19.1. The van der Waals surface area contributed by atoms with E-state index in [1.165, 1.54) is 111 Å². The summed E-state index contributed by atoms with van der Waals surface area (Å²) in [4.78, 5) is 17.6. The van der Waals surface area contributed by atoms with Gasteiger partial charge in [0.25, 0.3) is 6.71 Å². The van der Waals surface area contributed by atoms with E-state index in [9.17, 15) is 4.39 Å². The maximum atomic E-state index is 12.7. The van der Waals surface area contributed by atoms with Gasteiger partial charge in [-0.1, -0.05) is 201 Å². The van der Waals surface area contributed by atoms with E-state index in [0.29, 0.717) is 11.8 Å². The maximum absolute atomic E-state index is 12.7. The minimum absolute atomic E-state index is 0. The van der Waals surface area contributed by atoms with E-state index in [4.69, 9.17) is 4.98 Å². The second-order valence-corrected chi connectivity index (χ2v) is 31.6. The number of aromatic nitrogens is 3. The van der Waals surface area contributed by atoms with Crippen LogP contribution in [0.3, 0.4) is 0 Å². The molecule has 5 heterocycles. The normalized spacial score (nSPS) is 13.3. The smallest absolute Gasteiger partial charge is 0.252 e. The fraction of sp³-hybridized carbons (Fsp3) is 0.286. The molecule has 0 saturated heterocycles. The Bertz CT molecular complexity index is 4680. The van der Waals surface area contributed by atoms with Gasteiger partial charge in [-0.25, -0.2) is 0 Å². The quantitative estimate of drug-likeness (QED) is 0.117. The molecule has 3 aliphatic heterocycles. The Hall–Kier alpha value is -7.81. The van der Waals surface area contributed by atoms with Crippen LogP contribution >= 0.6 is 11.8 Å². The molecular formula is C84H85BFIrN5S-2. The summed E-state index contributed by atoms with van der Waals surface area (Å²) in [6, 6.07) is 69.3. The van der Waals surface area contributed by atoms with Crippen molar-refractivity contribution >= 4 is 80.0 Å². The molecule has 0 amide bonds. The monoisotopic (exact) mass is 1420 g/mol. The number of benzene rings is 9. The number of pyridine rings is 1. The minimum atomic E-state index is -0.275. The van der Waals surface area contributed by atoms with E-state index in [1.807, 2.05) is 37.9 Å². The Morgan fingerprint density at radius 1 is 0.505 bits per heavy atom. The number of imidazole rings is 1. The fourth-order valence-electron chi connectivity index (χ4n) is 13.6. The maximum Gasteiger partial charge on any atom is 0.252 e. The molecule has 0 bridgehead atoms. The molecule has 0 unspecified atom stereocenters. The zero-order chi connectivity index (χ0) is 65.2. The van der Waals surface area contributed by atoms with E-state index >= 15 is 0 Å². The van der Waals surface area contributed by atoms with Crippen LogP contribution in [-0.4, -0.2) is 21.2 Å². The second-order valence-electron chi connectivity index (χ2n) is 30.5. The van der Waals surface area contributed by atoms with Gasteiger partial charge >= 0.3 is 0 Å². The van der Waals surface area contributed by atoms with Crippen LogP contribution in [0.15, 0.2) is 186 Å². The summed E-state index contributed by atoms with van der Waals surface area (Å²) in [6.07, 6.45) is 1.82. The summed E-state index contributed by atoms with van der Waals surface area (Å²) in [5.41, 5.74) is 29.8. The Morgan fingerprint density at radius 3 is 1.73 bits per heavy atom. The molecule has 473 valence electrons. The molecule has 0 saturated carbocycles. The number of halogens is 1. The number of fused-ring (bicyclic) bond motifs is 7. The molecule has 9 heteroatoms. The summed E-state index contributed by atoms with van der Waals surface area (Å²) >= 11 is 1.95. The number of rotatable bonds is 7. The summed E-state index contributed by atoms with van der Waals surface area (Å²) in [7, 11) is 0. The van der Waals surface area contributed by atoms with Gasteiger partial charge in [0.15, 0.2) is 0 Å². The van der Waals surface area contributed by atoms with Crippen LogP contribution in [-0.2, 0) is 41.8 Å². The first-order valence-electron chi connectivity index (χ1n) is 32.8. The average molecular weight is 1420 g/mol. The van der Waals surface area contributed by atoms with Crippen LogP contribution in [0.5, 0.6) is 0 Å². The molecule has 11 aromatic rings. The van der Waals surface area contributed by atoms with Crippen LogP contribution in [0.4, 0.5) is 38.5 Å². The Morgan fingerprint density at radius 2 is 1.11 bits per heavy atom. The third kappa shape index (κ3) is 11.9.